The molecule has 3 rings (SSSR count). The van der Waals surface area contributed by atoms with Gasteiger partial charge in [-0.15, -0.1) is 0 Å². The first-order chi connectivity index (χ1) is 13.5. The molecule has 152 valence electrons. The number of carboxylic acid groups (broad SMARTS) is 1. The zero-order valence-corrected chi connectivity index (χ0v) is 17.6. The van der Waals surface area contributed by atoms with Gasteiger partial charge in [-0.3, -0.25) is 14.2 Å². The first-order valence-electron chi connectivity index (χ1n) is 9.36. The van der Waals surface area contributed by atoms with Crippen LogP contribution < -0.4 is 0 Å². The van der Waals surface area contributed by atoms with Crippen LogP contribution in [0.3, 0.4) is 0 Å². The molecule has 0 aliphatic heterocycles. The van der Waals surface area contributed by atoms with E-state index in [1.54, 1.807) is 37.3 Å². The van der Waals surface area contributed by atoms with Crippen LogP contribution in [0.5, 0.6) is 5.75 Å². The van der Waals surface area contributed by atoms with Crippen LogP contribution in [0.15, 0.2) is 42.5 Å². The average Bonchev–Trinajstić information content (AvgIpc) is 2.90. The van der Waals surface area contributed by atoms with E-state index in [1.165, 1.54) is 16.7 Å². The van der Waals surface area contributed by atoms with E-state index in [9.17, 15) is 19.8 Å². The first kappa shape index (κ1) is 20.9. The number of nitrogens with zero attached hydrogens (tertiary/aromatic N) is 1. The van der Waals surface area contributed by atoms with Gasteiger partial charge in [-0.2, -0.15) is 0 Å². The molecular weight excluding hydrogens is 390 g/mol. The summed E-state index contributed by atoms with van der Waals surface area (Å²) in [6.07, 6.45) is 0.396. The summed E-state index contributed by atoms with van der Waals surface area (Å²) in [6.45, 7) is 7.69. The summed E-state index contributed by atoms with van der Waals surface area (Å²) in [4.78, 5) is 25.5. The summed E-state index contributed by atoms with van der Waals surface area (Å²) in [5, 5.41) is 21.1. The SMILES string of the molecule is Cc1c([C@@H](CC(C)(C)C)C(=O)O)c2cc(O)ccc2n1C(=O)c1ccc(Cl)cc1. The van der Waals surface area contributed by atoms with E-state index >= 15 is 0 Å². The Bertz CT molecular complexity index is 1090. The minimum atomic E-state index is -0.954. The lowest BCUT2D eigenvalue weighted by Crippen LogP contribution is -2.20. The Hall–Kier alpha value is -2.79. The molecule has 0 unspecified atom stereocenters. The number of aliphatic carboxylic acids is 1. The van der Waals surface area contributed by atoms with Crippen LogP contribution in [-0.2, 0) is 4.79 Å². The Balaban J connectivity index is 2.27. The van der Waals surface area contributed by atoms with E-state index in [4.69, 9.17) is 11.6 Å². The standard InChI is InChI=1S/C23H24ClNO4/c1-13-20(18(22(28)29)12-23(2,3)4)17-11-16(26)9-10-19(17)25(13)21(27)14-5-7-15(24)8-6-14/h5-11,18,26H,12H2,1-4H3,(H,28,29)/t18-/m1/s1. The zero-order chi connectivity index (χ0) is 21.5. The Morgan fingerprint density at radius 2 is 1.72 bits per heavy atom. The molecule has 29 heavy (non-hydrogen) atoms. The van der Waals surface area contributed by atoms with Crippen LogP contribution in [0.1, 0.15) is 54.7 Å². The first-order valence-corrected chi connectivity index (χ1v) is 9.74. The maximum absolute atomic E-state index is 13.3. The molecule has 0 saturated carbocycles. The number of benzene rings is 2. The number of phenols is 1. The lowest BCUT2D eigenvalue weighted by atomic mass is 9.80. The van der Waals surface area contributed by atoms with Gasteiger partial charge in [-0.1, -0.05) is 32.4 Å². The highest BCUT2D eigenvalue weighted by Gasteiger charge is 2.32. The van der Waals surface area contributed by atoms with E-state index in [2.05, 4.69) is 0 Å². The number of carboxylic acids is 1. The van der Waals surface area contributed by atoms with E-state index in [0.717, 1.165) is 0 Å². The molecule has 0 saturated heterocycles. The van der Waals surface area contributed by atoms with Crippen molar-refractivity contribution in [3.63, 3.8) is 0 Å². The van der Waals surface area contributed by atoms with Gasteiger partial charge in [0.2, 0.25) is 0 Å². The third kappa shape index (κ3) is 4.15. The summed E-state index contributed by atoms with van der Waals surface area (Å²) >= 11 is 5.94. The summed E-state index contributed by atoms with van der Waals surface area (Å²) in [7, 11) is 0. The fourth-order valence-electron chi connectivity index (χ4n) is 3.78. The molecule has 0 aliphatic rings. The normalized spacial score (nSPS) is 12.9. The second-order valence-corrected chi connectivity index (χ2v) is 8.94. The number of aromatic nitrogens is 1. The number of rotatable bonds is 4. The molecule has 0 aliphatic carbocycles. The highest BCUT2D eigenvalue weighted by atomic mass is 35.5. The Morgan fingerprint density at radius 1 is 1.10 bits per heavy atom. The second kappa shape index (κ2) is 7.56. The fraction of sp³-hybridized carbons (Fsp3) is 0.304. The third-order valence-corrected chi connectivity index (χ3v) is 5.25. The molecule has 1 aromatic heterocycles. The van der Waals surface area contributed by atoms with Crippen molar-refractivity contribution in [2.75, 3.05) is 0 Å². The fourth-order valence-corrected chi connectivity index (χ4v) is 3.91. The maximum Gasteiger partial charge on any atom is 0.311 e. The molecule has 6 heteroatoms. The van der Waals surface area contributed by atoms with Crippen LogP contribution in [0.2, 0.25) is 5.02 Å². The molecule has 3 aromatic rings. The third-order valence-electron chi connectivity index (χ3n) is 4.99. The van der Waals surface area contributed by atoms with Crippen molar-refractivity contribution < 1.29 is 19.8 Å². The summed E-state index contributed by atoms with van der Waals surface area (Å²) in [6, 6.07) is 11.2. The van der Waals surface area contributed by atoms with Crippen LogP contribution in [-0.4, -0.2) is 26.7 Å². The van der Waals surface area contributed by atoms with Gasteiger partial charge in [-0.05, 0) is 66.8 Å². The topological polar surface area (TPSA) is 79.5 Å². The zero-order valence-electron chi connectivity index (χ0n) is 16.9. The molecule has 1 atom stereocenters. The summed E-state index contributed by atoms with van der Waals surface area (Å²) < 4.78 is 1.52. The number of fused-ring (bicyclic) bond motifs is 1. The number of halogens is 1. The van der Waals surface area contributed by atoms with Crippen molar-refractivity contribution in [1.29, 1.82) is 0 Å². The molecular formula is C23H24ClNO4. The minimum Gasteiger partial charge on any atom is -0.508 e. The largest absolute Gasteiger partial charge is 0.508 e. The van der Waals surface area contributed by atoms with Crippen molar-refractivity contribution >= 4 is 34.4 Å². The van der Waals surface area contributed by atoms with Crippen molar-refractivity contribution in [2.24, 2.45) is 5.41 Å². The number of carbonyl (C=O) groups excluding carboxylic acids is 1. The highest BCUT2D eigenvalue weighted by molar-refractivity contribution is 6.30. The maximum atomic E-state index is 13.3. The Labute approximate surface area is 174 Å². The summed E-state index contributed by atoms with van der Waals surface area (Å²) in [5.74, 6) is -2.02. The van der Waals surface area contributed by atoms with Crippen LogP contribution in [0.4, 0.5) is 0 Å². The average molecular weight is 414 g/mol. The lowest BCUT2D eigenvalue weighted by Gasteiger charge is -2.24. The molecule has 0 radical (unpaired) electrons. The van der Waals surface area contributed by atoms with Gasteiger partial charge in [0.1, 0.15) is 5.75 Å². The summed E-state index contributed by atoms with van der Waals surface area (Å²) in [5.41, 5.74) is 1.89. The number of aromatic hydroxyl groups is 1. The van der Waals surface area contributed by atoms with E-state index < -0.39 is 11.9 Å². The van der Waals surface area contributed by atoms with Crippen molar-refractivity contribution in [3.8, 4) is 5.75 Å². The molecule has 5 nitrogen and oxygen atoms in total. The molecule has 0 amide bonds. The van der Waals surface area contributed by atoms with Crippen molar-refractivity contribution in [2.45, 2.75) is 40.0 Å². The molecule has 0 spiro atoms. The molecule has 0 bridgehead atoms. The molecule has 2 aromatic carbocycles. The van der Waals surface area contributed by atoms with Gasteiger partial charge in [0.25, 0.3) is 5.91 Å². The van der Waals surface area contributed by atoms with Gasteiger partial charge in [-0.25, -0.2) is 0 Å². The quantitative estimate of drug-likeness (QED) is 0.583. The second-order valence-electron chi connectivity index (χ2n) is 8.50. The van der Waals surface area contributed by atoms with E-state index in [-0.39, 0.29) is 17.1 Å². The van der Waals surface area contributed by atoms with E-state index in [0.29, 0.717) is 39.2 Å². The van der Waals surface area contributed by atoms with Crippen molar-refractivity contribution in [1.82, 2.24) is 4.57 Å². The highest BCUT2D eigenvalue weighted by Crippen LogP contribution is 2.39. The number of phenolic OH excluding ortho intramolecular Hbond substituents is 1. The molecule has 2 N–H and O–H groups in total. The smallest absolute Gasteiger partial charge is 0.311 e. The van der Waals surface area contributed by atoms with Crippen LogP contribution in [0, 0.1) is 12.3 Å². The minimum absolute atomic E-state index is 0.0229. The van der Waals surface area contributed by atoms with Crippen LogP contribution >= 0.6 is 11.6 Å². The number of hydrogen-bond donors (Lipinski definition) is 2. The Kier molecular flexibility index (Phi) is 5.46. The number of hydrogen-bond acceptors (Lipinski definition) is 3. The molecule has 0 fully saturated rings. The van der Waals surface area contributed by atoms with Gasteiger partial charge < -0.3 is 10.2 Å². The number of carbonyl (C=O) groups is 2. The van der Waals surface area contributed by atoms with Crippen LogP contribution in [0.25, 0.3) is 10.9 Å². The predicted octanol–water partition coefficient (Wildman–Crippen LogP) is 5.60. The monoisotopic (exact) mass is 413 g/mol. The van der Waals surface area contributed by atoms with Gasteiger partial charge in [0, 0.05) is 21.7 Å². The predicted molar refractivity (Wildman–Crippen MR) is 114 cm³/mol. The van der Waals surface area contributed by atoms with Gasteiger partial charge in [0.15, 0.2) is 0 Å². The molecule has 1 heterocycles. The van der Waals surface area contributed by atoms with Gasteiger partial charge >= 0.3 is 5.97 Å². The van der Waals surface area contributed by atoms with Gasteiger partial charge in [0.05, 0.1) is 11.4 Å². The van der Waals surface area contributed by atoms with Crippen molar-refractivity contribution in [3.05, 3.63) is 64.3 Å². The van der Waals surface area contributed by atoms with E-state index in [1.807, 2.05) is 20.8 Å². The Morgan fingerprint density at radius 3 is 2.28 bits per heavy atom. The lowest BCUT2D eigenvalue weighted by molar-refractivity contribution is -0.139.